The molecule has 5 amide bonds. The highest BCUT2D eigenvalue weighted by molar-refractivity contribution is 6.04. The van der Waals surface area contributed by atoms with Gasteiger partial charge in [-0.25, -0.2) is 9.59 Å². The van der Waals surface area contributed by atoms with E-state index in [1.807, 2.05) is 0 Å². The number of nitrogens with zero attached hydrogens (tertiary/aromatic N) is 4. The molecule has 0 aromatic carbocycles. The highest BCUT2D eigenvalue weighted by atomic mass is 19.4. The second kappa shape index (κ2) is 5.90. The summed E-state index contributed by atoms with van der Waals surface area (Å²) in [5.74, 6) is -0.659. The molecule has 3 heterocycles. The summed E-state index contributed by atoms with van der Waals surface area (Å²) >= 11 is 0. The summed E-state index contributed by atoms with van der Waals surface area (Å²) in [6.45, 7) is -0.354. The number of amides is 5. The van der Waals surface area contributed by atoms with Crippen LogP contribution in [0.3, 0.4) is 0 Å². The molecule has 0 radical (unpaired) electrons. The Balaban J connectivity index is 1.84. The van der Waals surface area contributed by atoms with E-state index >= 15 is 0 Å². The van der Waals surface area contributed by atoms with Crippen molar-refractivity contribution >= 4 is 18.0 Å². The van der Waals surface area contributed by atoms with E-state index in [-0.39, 0.29) is 25.2 Å². The van der Waals surface area contributed by atoms with Crippen molar-refractivity contribution in [2.45, 2.75) is 18.8 Å². The molecule has 1 unspecified atom stereocenters. The molecule has 0 aliphatic carbocycles. The fraction of sp³-hybridized carbons (Fsp3) is 0.429. The molecule has 3 rings (SSSR count). The van der Waals surface area contributed by atoms with Gasteiger partial charge in [0.1, 0.15) is 11.7 Å². The number of carbonyl (C=O) groups is 3. The van der Waals surface area contributed by atoms with Gasteiger partial charge in [0.05, 0.1) is 13.1 Å². The molecular weight excluding hydrogens is 343 g/mol. The molecule has 2 aliphatic heterocycles. The van der Waals surface area contributed by atoms with E-state index in [1.165, 1.54) is 21.9 Å². The maximum atomic E-state index is 13.0. The lowest BCUT2D eigenvalue weighted by molar-refractivity contribution is -0.142. The monoisotopic (exact) mass is 357 g/mol. The van der Waals surface area contributed by atoms with Gasteiger partial charge in [0.2, 0.25) is 0 Å². The van der Waals surface area contributed by atoms with Crippen molar-refractivity contribution in [1.29, 1.82) is 0 Å². The Hall–Kier alpha value is -2.85. The van der Waals surface area contributed by atoms with E-state index < -0.39 is 42.4 Å². The minimum Gasteiger partial charge on any atom is -0.351 e. The standard InChI is InChI=1S/C14H14F3N5O3/c15-14(16,17)10-8(2-1-3-19-10)6-22-11(23)9-7-20(12(18)24)4-5-21(9)13(22)25/h1-3,9H,4-7H2,(H2,18,24). The van der Waals surface area contributed by atoms with E-state index in [2.05, 4.69) is 4.98 Å². The third-order valence-electron chi connectivity index (χ3n) is 4.21. The second-order valence-electron chi connectivity index (χ2n) is 5.71. The summed E-state index contributed by atoms with van der Waals surface area (Å²) in [6, 6.07) is 0.141. The van der Waals surface area contributed by atoms with E-state index in [1.54, 1.807) is 0 Å². The lowest BCUT2D eigenvalue weighted by Crippen LogP contribution is -2.55. The van der Waals surface area contributed by atoms with Crippen LogP contribution in [0.25, 0.3) is 0 Å². The minimum atomic E-state index is -4.70. The number of urea groups is 2. The first-order valence-electron chi connectivity index (χ1n) is 7.37. The first-order chi connectivity index (χ1) is 11.7. The lowest BCUT2D eigenvalue weighted by atomic mass is 10.1. The molecule has 2 fully saturated rings. The van der Waals surface area contributed by atoms with Gasteiger partial charge in [-0.3, -0.25) is 14.7 Å². The van der Waals surface area contributed by atoms with Crippen LogP contribution in [0.2, 0.25) is 0 Å². The zero-order valence-electron chi connectivity index (χ0n) is 12.9. The smallest absolute Gasteiger partial charge is 0.351 e. The fourth-order valence-corrected chi connectivity index (χ4v) is 2.99. The molecule has 25 heavy (non-hydrogen) atoms. The van der Waals surface area contributed by atoms with Crippen molar-refractivity contribution in [3.05, 3.63) is 29.6 Å². The number of pyridine rings is 1. The summed E-state index contributed by atoms with van der Waals surface area (Å²) in [7, 11) is 0. The molecule has 134 valence electrons. The highest BCUT2D eigenvalue weighted by Crippen LogP contribution is 2.32. The number of piperazine rings is 1. The van der Waals surface area contributed by atoms with Crippen molar-refractivity contribution in [3.63, 3.8) is 0 Å². The fourth-order valence-electron chi connectivity index (χ4n) is 2.99. The van der Waals surface area contributed by atoms with Crippen LogP contribution >= 0.6 is 0 Å². The lowest BCUT2D eigenvalue weighted by Gasteiger charge is -2.34. The third-order valence-corrected chi connectivity index (χ3v) is 4.21. The number of hydrogen-bond acceptors (Lipinski definition) is 4. The SMILES string of the molecule is NC(=O)N1CCN2C(=O)N(Cc3cccnc3C(F)(F)F)C(=O)C2C1. The van der Waals surface area contributed by atoms with Crippen LogP contribution in [0.15, 0.2) is 18.3 Å². The van der Waals surface area contributed by atoms with Gasteiger partial charge in [-0.15, -0.1) is 0 Å². The number of rotatable bonds is 2. The van der Waals surface area contributed by atoms with Gasteiger partial charge in [-0.2, -0.15) is 13.2 Å². The average molecular weight is 357 g/mol. The summed E-state index contributed by atoms with van der Waals surface area (Å²) in [6.07, 6.45) is -3.70. The maximum Gasteiger partial charge on any atom is 0.433 e. The Kier molecular flexibility index (Phi) is 4.01. The number of aromatic nitrogens is 1. The molecule has 8 nitrogen and oxygen atoms in total. The number of nitrogens with two attached hydrogens (primary N) is 1. The predicted octanol–water partition coefficient (Wildman–Crippen LogP) is 0.627. The first kappa shape index (κ1) is 17.0. The van der Waals surface area contributed by atoms with Crippen LogP contribution in [0.5, 0.6) is 0 Å². The molecule has 1 atom stereocenters. The summed E-state index contributed by atoms with van der Waals surface area (Å²) < 4.78 is 39.1. The Bertz CT molecular complexity index is 739. The zero-order valence-corrected chi connectivity index (χ0v) is 12.9. The highest BCUT2D eigenvalue weighted by Gasteiger charge is 2.48. The normalized spacial score (nSPS) is 20.9. The third kappa shape index (κ3) is 2.96. The number of hydrogen-bond donors (Lipinski definition) is 1. The van der Waals surface area contributed by atoms with E-state index in [0.29, 0.717) is 0 Å². The number of imide groups is 1. The molecule has 0 bridgehead atoms. The molecule has 2 saturated heterocycles. The average Bonchev–Trinajstić information content (AvgIpc) is 2.79. The Labute approximate surface area is 140 Å². The van der Waals surface area contributed by atoms with Crippen molar-refractivity contribution in [2.75, 3.05) is 19.6 Å². The van der Waals surface area contributed by atoms with Gasteiger partial charge in [0.15, 0.2) is 0 Å². The largest absolute Gasteiger partial charge is 0.433 e. The molecular formula is C14H14F3N5O3. The summed E-state index contributed by atoms with van der Waals surface area (Å²) in [4.78, 5) is 42.6. The van der Waals surface area contributed by atoms with Crippen molar-refractivity contribution < 1.29 is 27.6 Å². The van der Waals surface area contributed by atoms with Gasteiger partial charge in [0.25, 0.3) is 5.91 Å². The molecule has 2 N–H and O–H groups in total. The summed E-state index contributed by atoms with van der Waals surface area (Å²) in [5, 5.41) is 0. The molecule has 0 spiro atoms. The Morgan fingerprint density at radius 3 is 2.68 bits per heavy atom. The quantitative estimate of drug-likeness (QED) is 0.785. The van der Waals surface area contributed by atoms with E-state index in [0.717, 1.165) is 11.1 Å². The predicted molar refractivity (Wildman–Crippen MR) is 76.8 cm³/mol. The zero-order chi connectivity index (χ0) is 18.4. The summed E-state index contributed by atoms with van der Waals surface area (Å²) in [5.41, 5.74) is 3.77. The van der Waals surface area contributed by atoms with Crippen molar-refractivity contribution in [1.82, 2.24) is 19.7 Å². The van der Waals surface area contributed by atoms with Crippen LogP contribution in [0.1, 0.15) is 11.3 Å². The van der Waals surface area contributed by atoms with Crippen LogP contribution in [-0.4, -0.2) is 63.3 Å². The Morgan fingerprint density at radius 2 is 2.04 bits per heavy atom. The number of carbonyl (C=O) groups excluding carboxylic acids is 3. The van der Waals surface area contributed by atoms with E-state index in [4.69, 9.17) is 5.73 Å². The maximum absolute atomic E-state index is 13.0. The van der Waals surface area contributed by atoms with Crippen molar-refractivity contribution in [2.24, 2.45) is 5.73 Å². The first-order valence-corrected chi connectivity index (χ1v) is 7.37. The number of alkyl halides is 3. The van der Waals surface area contributed by atoms with Gasteiger partial charge in [-0.05, 0) is 6.07 Å². The molecule has 11 heteroatoms. The van der Waals surface area contributed by atoms with Crippen LogP contribution < -0.4 is 5.73 Å². The van der Waals surface area contributed by atoms with Crippen LogP contribution in [-0.2, 0) is 17.5 Å². The van der Waals surface area contributed by atoms with Crippen LogP contribution in [0.4, 0.5) is 22.8 Å². The minimum absolute atomic E-state index is 0.0738. The second-order valence-corrected chi connectivity index (χ2v) is 5.71. The molecule has 2 aliphatic rings. The van der Waals surface area contributed by atoms with Gasteiger partial charge in [-0.1, -0.05) is 6.07 Å². The molecule has 1 aromatic heterocycles. The van der Waals surface area contributed by atoms with Gasteiger partial charge in [0, 0.05) is 24.8 Å². The van der Waals surface area contributed by atoms with Crippen molar-refractivity contribution in [3.8, 4) is 0 Å². The van der Waals surface area contributed by atoms with Gasteiger partial charge < -0.3 is 15.5 Å². The number of primary amides is 1. The number of fused-ring (bicyclic) bond motifs is 1. The topological polar surface area (TPSA) is 99.8 Å². The molecule has 1 aromatic rings. The van der Waals surface area contributed by atoms with Gasteiger partial charge >= 0.3 is 18.2 Å². The molecule has 0 saturated carbocycles. The number of halogens is 3. The Morgan fingerprint density at radius 1 is 1.32 bits per heavy atom. The van der Waals surface area contributed by atoms with Crippen LogP contribution in [0, 0.1) is 0 Å². The van der Waals surface area contributed by atoms with E-state index in [9.17, 15) is 27.6 Å².